The molecule has 5 heteroatoms. The summed E-state index contributed by atoms with van der Waals surface area (Å²) in [5.41, 5.74) is 4.68. The third kappa shape index (κ3) is 3.38. The van der Waals surface area contributed by atoms with E-state index in [0.717, 1.165) is 53.8 Å². The molecule has 3 aromatic rings. The highest BCUT2D eigenvalue weighted by molar-refractivity contribution is 6.01. The molecule has 0 unspecified atom stereocenters. The van der Waals surface area contributed by atoms with Gasteiger partial charge in [0.2, 0.25) is 5.76 Å². The van der Waals surface area contributed by atoms with E-state index >= 15 is 0 Å². The average molecular weight is 379 g/mol. The van der Waals surface area contributed by atoms with Crippen LogP contribution in [0.1, 0.15) is 34.5 Å². The Labute approximate surface area is 164 Å². The molecular weight excluding hydrogens is 354 g/mol. The van der Waals surface area contributed by atoms with Gasteiger partial charge in [0.25, 0.3) is 0 Å². The number of carbonyl (C=O) groups is 1. The van der Waals surface area contributed by atoms with Crippen LogP contribution < -0.4 is 10.1 Å². The molecule has 1 N–H and O–H groups in total. The van der Waals surface area contributed by atoms with Gasteiger partial charge in [0.05, 0.1) is 12.5 Å². The standard InChI is InChI=1S/C23H25NO4/c1-14-4-6-16(7-5-14)18-8-9-19-20(15(2)21(28-19)23(25)26-3)22(18)27-17-10-12-24-13-11-17/h4-9,17,24H,10-13H2,1-3H3. The van der Waals surface area contributed by atoms with Gasteiger partial charge in [0, 0.05) is 11.1 Å². The summed E-state index contributed by atoms with van der Waals surface area (Å²) in [5, 5.41) is 4.21. The lowest BCUT2D eigenvalue weighted by Gasteiger charge is -2.25. The van der Waals surface area contributed by atoms with Crippen molar-refractivity contribution in [3.05, 3.63) is 53.3 Å². The molecule has 1 saturated heterocycles. The summed E-state index contributed by atoms with van der Waals surface area (Å²) >= 11 is 0. The largest absolute Gasteiger partial charge is 0.489 e. The maximum Gasteiger partial charge on any atom is 0.374 e. The van der Waals surface area contributed by atoms with Crippen molar-refractivity contribution in [2.75, 3.05) is 20.2 Å². The summed E-state index contributed by atoms with van der Waals surface area (Å²) in [5.74, 6) is 0.539. The van der Waals surface area contributed by atoms with Gasteiger partial charge in [-0.1, -0.05) is 29.8 Å². The molecule has 146 valence electrons. The van der Waals surface area contributed by atoms with Gasteiger partial charge in [-0.2, -0.15) is 0 Å². The highest BCUT2D eigenvalue weighted by atomic mass is 16.5. The Morgan fingerprint density at radius 2 is 1.79 bits per heavy atom. The van der Waals surface area contributed by atoms with E-state index in [4.69, 9.17) is 13.9 Å². The molecule has 4 rings (SSSR count). The van der Waals surface area contributed by atoms with Crippen molar-refractivity contribution in [3.63, 3.8) is 0 Å². The van der Waals surface area contributed by atoms with Gasteiger partial charge < -0.3 is 19.2 Å². The van der Waals surface area contributed by atoms with Crippen LogP contribution >= 0.6 is 0 Å². The van der Waals surface area contributed by atoms with Crippen LogP contribution in [0.3, 0.4) is 0 Å². The Morgan fingerprint density at radius 3 is 2.46 bits per heavy atom. The fraction of sp³-hybridized carbons (Fsp3) is 0.348. The van der Waals surface area contributed by atoms with E-state index in [1.165, 1.54) is 12.7 Å². The first kappa shape index (κ1) is 18.6. The molecule has 0 radical (unpaired) electrons. The minimum absolute atomic E-state index is 0.131. The molecule has 1 aliphatic heterocycles. The number of ether oxygens (including phenoxy) is 2. The predicted molar refractivity (Wildman–Crippen MR) is 109 cm³/mol. The molecule has 1 aliphatic rings. The molecule has 0 amide bonds. The highest BCUT2D eigenvalue weighted by Gasteiger charge is 2.25. The topological polar surface area (TPSA) is 60.7 Å². The first-order valence-electron chi connectivity index (χ1n) is 9.67. The molecule has 0 bridgehead atoms. The SMILES string of the molecule is COC(=O)c1oc2ccc(-c3ccc(C)cc3)c(OC3CCNCC3)c2c1C. The van der Waals surface area contributed by atoms with Crippen LogP contribution in [-0.4, -0.2) is 32.3 Å². The van der Waals surface area contributed by atoms with Crippen LogP contribution in [-0.2, 0) is 4.74 Å². The minimum atomic E-state index is -0.474. The maximum absolute atomic E-state index is 12.1. The Balaban J connectivity index is 1.89. The van der Waals surface area contributed by atoms with Gasteiger partial charge in [-0.15, -0.1) is 0 Å². The van der Waals surface area contributed by atoms with E-state index in [-0.39, 0.29) is 11.9 Å². The van der Waals surface area contributed by atoms with E-state index < -0.39 is 5.97 Å². The van der Waals surface area contributed by atoms with Crippen molar-refractivity contribution in [2.45, 2.75) is 32.8 Å². The lowest BCUT2D eigenvalue weighted by molar-refractivity contribution is 0.0566. The van der Waals surface area contributed by atoms with Gasteiger partial charge in [0.1, 0.15) is 17.4 Å². The zero-order chi connectivity index (χ0) is 19.7. The number of aryl methyl sites for hydroxylation is 2. The second-order valence-electron chi connectivity index (χ2n) is 7.30. The van der Waals surface area contributed by atoms with Crippen LogP contribution in [0.2, 0.25) is 0 Å². The van der Waals surface area contributed by atoms with Crippen molar-refractivity contribution >= 4 is 16.9 Å². The van der Waals surface area contributed by atoms with Gasteiger partial charge >= 0.3 is 5.97 Å². The number of fused-ring (bicyclic) bond motifs is 1. The van der Waals surface area contributed by atoms with Crippen molar-refractivity contribution in [3.8, 4) is 16.9 Å². The quantitative estimate of drug-likeness (QED) is 0.670. The molecule has 5 nitrogen and oxygen atoms in total. The normalized spacial score (nSPS) is 15.0. The number of rotatable bonds is 4. The summed E-state index contributed by atoms with van der Waals surface area (Å²) in [6.45, 7) is 5.84. The zero-order valence-corrected chi connectivity index (χ0v) is 16.5. The molecule has 0 aliphatic carbocycles. The molecule has 0 saturated carbocycles. The number of carbonyl (C=O) groups excluding carboxylic acids is 1. The summed E-state index contributed by atoms with van der Waals surface area (Å²) in [7, 11) is 1.36. The van der Waals surface area contributed by atoms with Crippen LogP contribution in [0.15, 0.2) is 40.8 Å². The first-order valence-corrected chi connectivity index (χ1v) is 9.67. The van der Waals surface area contributed by atoms with Crippen LogP contribution in [0.25, 0.3) is 22.1 Å². The van der Waals surface area contributed by atoms with Gasteiger partial charge in [-0.3, -0.25) is 0 Å². The fourth-order valence-electron chi connectivity index (χ4n) is 3.76. The molecule has 0 atom stereocenters. The zero-order valence-electron chi connectivity index (χ0n) is 16.5. The van der Waals surface area contributed by atoms with E-state index in [1.807, 2.05) is 19.1 Å². The number of nitrogens with one attached hydrogen (secondary N) is 1. The number of hydrogen-bond donors (Lipinski definition) is 1. The number of furan rings is 1. The smallest absolute Gasteiger partial charge is 0.374 e. The van der Waals surface area contributed by atoms with Crippen molar-refractivity contribution in [2.24, 2.45) is 0 Å². The molecule has 28 heavy (non-hydrogen) atoms. The third-order valence-corrected chi connectivity index (χ3v) is 5.35. The Hall–Kier alpha value is -2.79. The lowest BCUT2D eigenvalue weighted by atomic mass is 9.99. The fourth-order valence-corrected chi connectivity index (χ4v) is 3.76. The third-order valence-electron chi connectivity index (χ3n) is 5.35. The Morgan fingerprint density at radius 1 is 1.07 bits per heavy atom. The Bertz CT molecular complexity index is 998. The van der Waals surface area contributed by atoms with E-state index in [2.05, 4.69) is 36.5 Å². The van der Waals surface area contributed by atoms with Crippen molar-refractivity contribution in [1.29, 1.82) is 0 Å². The second kappa shape index (κ2) is 7.68. The number of esters is 1. The van der Waals surface area contributed by atoms with E-state index in [9.17, 15) is 4.79 Å². The first-order chi connectivity index (χ1) is 13.6. The van der Waals surface area contributed by atoms with Gasteiger partial charge in [-0.05, 0) is 57.5 Å². The predicted octanol–water partition coefficient (Wildman–Crippen LogP) is 4.63. The lowest BCUT2D eigenvalue weighted by Crippen LogP contribution is -2.34. The maximum atomic E-state index is 12.1. The van der Waals surface area contributed by atoms with Crippen LogP contribution in [0.5, 0.6) is 5.75 Å². The molecule has 1 aromatic heterocycles. The van der Waals surface area contributed by atoms with Crippen molar-refractivity contribution in [1.82, 2.24) is 5.32 Å². The van der Waals surface area contributed by atoms with Gasteiger partial charge in [0.15, 0.2) is 0 Å². The van der Waals surface area contributed by atoms with Crippen LogP contribution in [0.4, 0.5) is 0 Å². The number of methoxy groups -OCH3 is 1. The molecule has 1 fully saturated rings. The minimum Gasteiger partial charge on any atom is -0.489 e. The average Bonchev–Trinajstić information content (AvgIpc) is 3.06. The van der Waals surface area contributed by atoms with Crippen molar-refractivity contribution < 1.29 is 18.7 Å². The second-order valence-corrected chi connectivity index (χ2v) is 7.30. The summed E-state index contributed by atoms with van der Waals surface area (Å²) in [4.78, 5) is 12.1. The summed E-state index contributed by atoms with van der Waals surface area (Å²) in [6.07, 6.45) is 2.03. The number of piperidine rings is 1. The van der Waals surface area contributed by atoms with E-state index in [0.29, 0.717) is 5.58 Å². The summed E-state index contributed by atoms with van der Waals surface area (Å²) < 4.78 is 17.2. The molecule has 2 heterocycles. The Kier molecular flexibility index (Phi) is 5.09. The molecule has 2 aromatic carbocycles. The monoisotopic (exact) mass is 379 g/mol. The highest BCUT2D eigenvalue weighted by Crippen LogP contribution is 2.42. The van der Waals surface area contributed by atoms with E-state index in [1.54, 1.807) is 0 Å². The summed E-state index contributed by atoms with van der Waals surface area (Å²) in [6, 6.07) is 12.3. The molecule has 0 spiro atoms. The number of hydrogen-bond acceptors (Lipinski definition) is 5. The van der Waals surface area contributed by atoms with Gasteiger partial charge in [-0.25, -0.2) is 4.79 Å². The number of benzene rings is 2. The molecular formula is C23H25NO4. The van der Waals surface area contributed by atoms with Crippen LogP contribution in [0, 0.1) is 13.8 Å².